The van der Waals surface area contributed by atoms with Gasteiger partial charge in [0, 0.05) is 0 Å². The zero-order chi connectivity index (χ0) is 12.0. The number of hydrogen-bond donors (Lipinski definition) is 1. The van der Waals surface area contributed by atoms with E-state index in [1.807, 2.05) is 0 Å². The van der Waals surface area contributed by atoms with Crippen LogP contribution in [0, 0.1) is 16.7 Å². The highest BCUT2D eigenvalue weighted by molar-refractivity contribution is 5.86. The van der Waals surface area contributed by atoms with Crippen molar-refractivity contribution in [1.82, 2.24) is 0 Å². The van der Waals surface area contributed by atoms with Crippen LogP contribution < -0.4 is 0 Å². The fraction of sp³-hybridized carbons (Fsp3) is 0.833. The number of ether oxygens (including phenoxy) is 1. The van der Waals surface area contributed by atoms with Gasteiger partial charge in [0.15, 0.2) is 0 Å². The molecule has 0 amide bonds. The van der Waals surface area contributed by atoms with Crippen LogP contribution in [0.5, 0.6) is 0 Å². The third-order valence-electron chi connectivity index (χ3n) is 4.17. The smallest absolute Gasteiger partial charge is 0.310 e. The molecule has 1 unspecified atom stereocenters. The average molecular weight is 226 g/mol. The van der Waals surface area contributed by atoms with Gasteiger partial charge in [-0.05, 0) is 37.5 Å². The molecule has 2 rings (SSSR count). The van der Waals surface area contributed by atoms with Crippen molar-refractivity contribution in [3.05, 3.63) is 0 Å². The fourth-order valence-electron chi connectivity index (χ4n) is 2.40. The Labute approximate surface area is 95.0 Å². The molecule has 1 atom stereocenters. The highest BCUT2D eigenvalue weighted by Gasteiger charge is 2.61. The molecule has 0 aromatic carbocycles. The molecule has 2 saturated carbocycles. The highest BCUT2D eigenvalue weighted by atomic mass is 16.5. The van der Waals surface area contributed by atoms with Crippen LogP contribution in [0.15, 0.2) is 0 Å². The van der Waals surface area contributed by atoms with E-state index in [1.165, 1.54) is 7.11 Å². The average Bonchev–Trinajstić information content (AvgIpc) is 3.10. The van der Waals surface area contributed by atoms with Gasteiger partial charge in [-0.2, -0.15) is 0 Å². The molecule has 2 fully saturated rings. The Morgan fingerprint density at radius 2 is 1.88 bits per heavy atom. The standard InChI is InChI=1S/C12H18O4/c1-11(3-4-11)7-8(9(13)16-2)12(5-6-12)10(14)15/h8H,3-7H2,1-2H3,(H,14,15). The first-order valence-electron chi connectivity index (χ1n) is 5.75. The van der Waals surface area contributed by atoms with Crippen molar-refractivity contribution in [1.29, 1.82) is 0 Å². The molecule has 0 spiro atoms. The molecule has 16 heavy (non-hydrogen) atoms. The van der Waals surface area contributed by atoms with Crippen molar-refractivity contribution in [2.45, 2.75) is 39.0 Å². The van der Waals surface area contributed by atoms with E-state index in [1.54, 1.807) is 0 Å². The number of hydrogen-bond acceptors (Lipinski definition) is 3. The van der Waals surface area contributed by atoms with Gasteiger partial charge in [0.05, 0.1) is 18.4 Å². The van der Waals surface area contributed by atoms with Crippen LogP contribution in [0.3, 0.4) is 0 Å². The van der Waals surface area contributed by atoms with Crippen molar-refractivity contribution < 1.29 is 19.4 Å². The quantitative estimate of drug-likeness (QED) is 0.726. The lowest BCUT2D eigenvalue weighted by Gasteiger charge is -2.24. The molecule has 90 valence electrons. The van der Waals surface area contributed by atoms with Crippen LogP contribution in [0.4, 0.5) is 0 Å². The van der Waals surface area contributed by atoms with Gasteiger partial charge >= 0.3 is 11.9 Å². The Hall–Kier alpha value is -1.06. The number of esters is 1. The molecule has 2 aliphatic rings. The Kier molecular flexibility index (Phi) is 2.48. The molecule has 4 nitrogen and oxygen atoms in total. The summed E-state index contributed by atoms with van der Waals surface area (Å²) in [5, 5.41) is 9.23. The van der Waals surface area contributed by atoms with Crippen LogP contribution in [0.1, 0.15) is 39.0 Å². The van der Waals surface area contributed by atoms with E-state index in [0.717, 1.165) is 12.8 Å². The largest absolute Gasteiger partial charge is 0.481 e. The van der Waals surface area contributed by atoms with E-state index in [4.69, 9.17) is 4.74 Å². The van der Waals surface area contributed by atoms with Crippen molar-refractivity contribution in [2.24, 2.45) is 16.7 Å². The second-order valence-electron chi connectivity index (χ2n) is 5.55. The maximum atomic E-state index is 11.7. The second-order valence-corrected chi connectivity index (χ2v) is 5.55. The summed E-state index contributed by atoms with van der Waals surface area (Å²) in [5.74, 6) is -1.65. The lowest BCUT2D eigenvalue weighted by Crippen LogP contribution is -2.34. The Bertz CT molecular complexity index is 326. The Morgan fingerprint density at radius 3 is 2.19 bits per heavy atom. The van der Waals surface area contributed by atoms with E-state index in [0.29, 0.717) is 19.3 Å². The summed E-state index contributed by atoms with van der Waals surface area (Å²) in [6, 6.07) is 0. The zero-order valence-corrected chi connectivity index (χ0v) is 9.78. The van der Waals surface area contributed by atoms with Crippen molar-refractivity contribution in [3.63, 3.8) is 0 Å². The van der Waals surface area contributed by atoms with Gasteiger partial charge in [-0.1, -0.05) is 6.92 Å². The van der Waals surface area contributed by atoms with Gasteiger partial charge in [-0.25, -0.2) is 0 Å². The predicted octanol–water partition coefficient (Wildman–Crippen LogP) is 1.83. The number of rotatable bonds is 5. The zero-order valence-electron chi connectivity index (χ0n) is 9.78. The van der Waals surface area contributed by atoms with Crippen molar-refractivity contribution >= 4 is 11.9 Å². The molecule has 0 bridgehead atoms. The molecule has 4 heteroatoms. The summed E-state index contributed by atoms with van der Waals surface area (Å²) in [7, 11) is 1.34. The predicted molar refractivity (Wildman–Crippen MR) is 56.8 cm³/mol. The highest BCUT2D eigenvalue weighted by Crippen LogP contribution is 2.60. The molecule has 0 heterocycles. The molecule has 0 saturated heterocycles. The normalized spacial score (nSPS) is 25.6. The van der Waals surface area contributed by atoms with E-state index >= 15 is 0 Å². The molecule has 0 aromatic heterocycles. The van der Waals surface area contributed by atoms with Gasteiger partial charge in [0.2, 0.25) is 0 Å². The minimum Gasteiger partial charge on any atom is -0.481 e. The van der Waals surface area contributed by atoms with Gasteiger partial charge in [-0.15, -0.1) is 0 Å². The third kappa shape index (κ3) is 1.81. The number of carbonyl (C=O) groups is 2. The molecular formula is C12H18O4. The van der Waals surface area contributed by atoms with Crippen LogP contribution in [0.25, 0.3) is 0 Å². The molecule has 0 aromatic rings. The second kappa shape index (κ2) is 3.47. The van der Waals surface area contributed by atoms with E-state index in [-0.39, 0.29) is 11.4 Å². The van der Waals surface area contributed by atoms with Crippen LogP contribution in [-0.2, 0) is 14.3 Å². The summed E-state index contributed by atoms with van der Waals surface area (Å²) in [6.07, 6.45) is 4.06. The minimum atomic E-state index is -0.841. The first-order chi connectivity index (χ1) is 7.43. The van der Waals surface area contributed by atoms with Gasteiger partial charge in [0.25, 0.3) is 0 Å². The number of carboxylic acid groups (broad SMARTS) is 1. The van der Waals surface area contributed by atoms with Gasteiger partial charge in [0.1, 0.15) is 0 Å². The van der Waals surface area contributed by atoms with E-state index in [9.17, 15) is 14.7 Å². The number of carbonyl (C=O) groups excluding carboxylic acids is 1. The Balaban J connectivity index is 2.14. The summed E-state index contributed by atoms with van der Waals surface area (Å²) in [6.45, 7) is 2.11. The number of aliphatic carboxylic acids is 1. The maximum absolute atomic E-state index is 11.7. The van der Waals surface area contributed by atoms with Crippen LogP contribution >= 0.6 is 0 Å². The number of carboxylic acids is 1. The topological polar surface area (TPSA) is 63.6 Å². The van der Waals surface area contributed by atoms with Gasteiger partial charge < -0.3 is 9.84 Å². The first-order valence-corrected chi connectivity index (χ1v) is 5.75. The molecule has 2 aliphatic carbocycles. The minimum absolute atomic E-state index is 0.171. The summed E-state index contributed by atoms with van der Waals surface area (Å²) < 4.78 is 4.76. The molecular weight excluding hydrogens is 208 g/mol. The summed E-state index contributed by atoms with van der Waals surface area (Å²) in [5.41, 5.74) is -0.650. The van der Waals surface area contributed by atoms with Crippen molar-refractivity contribution in [2.75, 3.05) is 7.11 Å². The fourth-order valence-corrected chi connectivity index (χ4v) is 2.40. The SMILES string of the molecule is COC(=O)C(CC1(C)CC1)C1(C(=O)O)CC1. The molecule has 0 radical (unpaired) electrons. The lowest BCUT2D eigenvalue weighted by molar-refractivity contribution is -0.158. The number of methoxy groups -OCH3 is 1. The van der Waals surface area contributed by atoms with Crippen molar-refractivity contribution in [3.8, 4) is 0 Å². The Morgan fingerprint density at radius 1 is 1.31 bits per heavy atom. The third-order valence-corrected chi connectivity index (χ3v) is 4.17. The van der Waals surface area contributed by atoms with Crippen LogP contribution in [0.2, 0.25) is 0 Å². The maximum Gasteiger partial charge on any atom is 0.310 e. The monoisotopic (exact) mass is 226 g/mol. The first kappa shape index (κ1) is 11.4. The summed E-state index contributed by atoms with van der Waals surface area (Å²) >= 11 is 0. The van der Waals surface area contributed by atoms with E-state index in [2.05, 4.69) is 6.92 Å². The molecule has 0 aliphatic heterocycles. The van der Waals surface area contributed by atoms with Crippen LogP contribution in [-0.4, -0.2) is 24.2 Å². The van der Waals surface area contributed by atoms with Gasteiger partial charge in [-0.3, -0.25) is 9.59 Å². The molecule has 1 N–H and O–H groups in total. The lowest BCUT2D eigenvalue weighted by atomic mass is 9.81. The van der Waals surface area contributed by atoms with E-state index < -0.39 is 17.3 Å². The summed E-state index contributed by atoms with van der Waals surface area (Å²) in [4.78, 5) is 23.0.